The molecule has 3 rings (SSSR count). The van der Waals surface area contributed by atoms with Crippen LogP contribution >= 0.6 is 0 Å². The summed E-state index contributed by atoms with van der Waals surface area (Å²) in [7, 11) is 0. The number of benzene rings is 2. The van der Waals surface area contributed by atoms with Crippen molar-refractivity contribution < 1.29 is 9.59 Å². The summed E-state index contributed by atoms with van der Waals surface area (Å²) in [5, 5.41) is 3.10. The molecule has 0 saturated carbocycles. The number of aryl methyl sites for hydroxylation is 2. The lowest BCUT2D eigenvalue weighted by Crippen LogP contribution is -2.46. The summed E-state index contributed by atoms with van der Waals surface area (Å²) in [6, 6.07) is 15.2. The Balaban J connectivity index is 1.54. The highest BCUT2D eigenvalue weighted by molar-refractivity contribution is 5.95. The van der Waals surface area contributed by atoms with E-state index in [-0.39, 0.29) is 17.9 Å². The highest BCUT2D eigenvalue weighted by Gasteiger charge is 2.24. The molecule has 1 saturated heterocycles. The molecule has 0 aromatic heterocycles. The van der Waals surface area contributed by atoms with Crippen LogP contribution in [0, 0.1) is 13.8 Å². The highest BCUT2D eigenvalue weighted by atomic mass is 16.2. The summed E-state index contributed by atoms with van der Waals surface area (Å²) in [5.74, 6) is 0.0375. The van der Waals surface area contributed by atoms with Crippen molar-refractivity contribution in [2.45, 2.75) is 32.7 Å². The Morgan fingerprint density at radius 1 is 0.920 bits per heavy atom. The van der Waals surface area contributed by atoms with Gasteiger partial charge in [0.1, 0.15) is 0 Å². The van der Waals surface area contributed by atoms with Gasteiger partial charge in [-0.1, -0.05) is 24.3 Å². The molecule has 25 heavy (non-hydrogen) atoms. The molecule has 0 bridgehead atoms. The average molecular weight is 336 g/mol. The molecular weight excluding hydrogens is 312 g/mol. The van der Waals surface area contributed by atoms with Gasteiger partial charge < -0.3 is 10.2 Å². The quantitative estimate of drug-likeness (QED) is 0.934. The fourth-order valence-electron chi connectivity index (χ4n) is 3.14. The van der Waals surface area contributed by atoms with Crippen LogP contribution in [0.5, 0.6) is 0 Å². The first-order chi connectivity index (χ1) is 12.0. The topological polar surface area (TPSA) is 49.4 Å². The first-order valence-electron chi connectivity index (χ1n) is 8.77. The van der Waals surface area contributed by atoms with E-state index in [1.54, 1.807) is 0 Å². The van der Waals surface area contributed by atoms with Crippen molar-refractivity contribution in [3.8, 4) is 0 Å². The monoisotopic (exact) mass is 336 g/mol. The molecule has 2 aromatic rings. The van der Waals surface area contributed by atoms with Crippen molar-refractivity contribution in [2.24, 2.45) is 0 Å². The molecule has 0 aliphatic carbocycles. The number of hydrogen-bond donors (Lipinski definition) is 1. The molecule has 2 amide bonds. The molecule has 4 heteroatoms. The molecule has 1 heterocycles. The summed E-state index contributed by atoms with van der Waals surface area (Å²) in [6.45, 7) is 5.40. The van der Waals surface area contributed by atoms with E-state index in [4.69, 9.17) is 0 Å². The molecule has 0 radical (unpaired) electrons. The van der Waals surface area contributed by atoms with Gasteiger partial charge in [-0.25, -0.2) is 0 Å². The van der Waals surface area contributed by atoms with Crippen molar-refractivity contribution in [1.29, 1.82) is 0 Å². The van der Waals surface area contributed by atoms with E-state index in [9.17, 15) is 9.59 Å². The number of nitrogens with one attached hydrogen (secondary N) is 1. The number of hydrogen-bond acceptors (Lipinski definition) is 2. The largest absolute Gasteiger partial charge is 0.349 e. The first kappa shape index (κ1) is 17.2. The number of piperidine rings is 1. The van der Waals surface area contributed by atoms with Crippen LogP contribution in [0.1, 0.15) is 44.7 Å². The lowest BCUT2D eigenvalue weighted by Gasteiger charge is -2.32. The number of carbonyl (C=O) groups excluding carboxylic acids is 2. The van der Waals surface area contributed by atoms with Gasteiger partial charge in [-0.05, 0) is 62.1 Å². The first-order valence-corrected chi connectivity index (χ1v) is 8.77. The van der Waals surface area contributed by atoms with E-state index in [0.29, 0.717) is 18.7 Å². The fourth-order valence-corrected chi connectivity index (χ4v) is 3.14. The molecule has 4 nitrogen and oxygen atoms in total. The molecule has 1 aliphatic rings. The maximum Gasteiger partial charge on any atom is 0.253 e. The van der Waals surface area contributed by atoms with E-state index >= 15 is 0 Å². The van der Waals surface area contributed by atoms with Crippen molar-refractivity contribution in [2.75, 3.05) is 13.1 Å². The minimum atomic E-state index is -0.0315. The summed E-state index contributed by atoms with van der Waals surface area (Å²) in [4.78, 5) is 26.7. The lowest BCUT2D eigenvalue weighted by atomic mass is 10.0. The lowest BCUT2D eigenvalue weighted by molar-refractivity contribution is 0.0698. The molecule has 130 valence electrons. The molecule has 0 spiro atoms. The van der Waals surface area contributed by atoms with Gasteiger partial charge in [-0.3, -0.25) is 9.59 Å². The van der Waals surface area contributed by atoms with Gasteiger partial charge in [-0.15, -0.1) is 0 Å². The van der Waals surface area contributed by atoms with E-state index in [1.165, 1.54) is 5.56 Å². The number of nitrogens with zero attached hydrogens (tertiary/aromatic N) is 1. The van der Waals surface area contributed by atoms with E-state index in [0.717, 1.165) is 24.0 Å². The van der Waals surface area contributed by atoms with Crippen molar-refractivity contribution >= 4 is 11.8 Å². The highest BCUT2D eigenvalue weighted by Crippen LogP contribution is 2.15. The zero-order valence-electron chi connectivity index (χ0n) is 14.8. The van der Waals surface area contributed by atoms with E-state index in [1.807, 2.05) is 67.3 Å². The Hall–Kier alpha value is -2.62. The van der Waals surface area contributed by atoms with E-state index in [2.05, 4.69) is 5.32 Å². The van der Waals surface area contributed by atoms with Crippen LogP contribution < -0.4 is 5.32 Å². The second-order valence-corrected chi connectivity index (χ2v) is 6.70. The molecule has 2 aromatic carbocycles. The van der Waals surface area contributed by atoms with Crippen LogP contribution in [0.2, 0.25) is 0 Å². The third-order valence-electron chi connectivity index (χ3n) is 4.91. The second-order valence-electron chi connectivity index (χ2n) is 6.70. The Labute approximate surface area is 148 Å². The summed E-state index contributed by atoms with van der Waals surface area (Å²) < 4.78 is 0. The minimum Gasteiger partial charge on any atom is -0.349 e. The number of carbonyl (C=O) groups is 2. The van der Waals surface area contributed by atoms with Gasteiger partial charge in [0.15, 0.2) is 0 Å². The average Bonchev–Trinajstić information content (AvgIpc) is 2.64. The van der Waals surface area contributed by atoms with Crippen LogP contribution in [0.3, 0.4) is 0 Å². The van der Waals surface area contributed by atoms with Gasteiger partial charge in [-0.2, -0.15) is 0 Å². The molecule has 1 N–H and O–H groups in total. The Bertz CT molecular complexity index is 763. The maximum atomic E-state index is 12.5. The molecule has 0 atom stereocenters. The number of likely N-dealkylation sites (tertiary alicyclic amines) is 1. The Morgan fingerprint density at radius 2 is 1.60 bits per heavy atom. The maximum absolute atomic E-state index is 12.5. The van der Waals surface area contributed by atoms with Crippen molar-refractivity contribution in [1.82, 2.24) is 10.2 Å². The summed E-state index contributed by atoms with van der Waals surface area (Å²) in [6.07, 6.45) is 1.57. The third kappa shape index (κ3) is 4.08. The standard InChI is InChI=1S/C21H24N2O2/c1-15-8-9-18(14-16(15)2)20(24)22-19-10-12-23(13-11-19)21(25)17-6-4-3-5-7-17/h3-9,14,19H,10-13H2,1-2H3,(H,22,24). The van der Waals surface area contributed by atoms with Crippen LogP contribution in [-0.4, -0.2) is 35.8 Å². The smallest absolute Gasteiger partial charge is 0.253 e. The van der Waals surface area contributed by atoms with Gasteiger partial charge >= 0.3 is 0 Å². The normalized spacial score (nSPS) is 15.0. The van der Waals surface area contributed by atoms with Gasteiger partial charge in [0, 0.05) is 30.3 Å². The van der Waals surface area contributed by atoms with Crippen molar-refractivity contribution in [3.05, 3.63) is 70.8 Å². The van der Waals surface area contributed by atoms with E-state index < -0.39 is 0 Å². The third-order valence-corrected chi connectivity index (χ3v) is 4.91. The molecule has 0 unspecified atom stereocenters. The van der Waals surface area contributed by atoms with Crippen LogP contribution in [0.25, 0.3) is 0 Å². The fraction of sp³-hybridized carbons (Fsp3) is 0.333. The van der Waals surface area contributed by atoms with Gasteiger partial charge in [0.25, 0.3) is 11.8 Å². The molecule has 1 fully saturated rings. The Kier molecular flexibility index (Phi) is 5.17. The van der Waals surface area contributed by atoms with Crippen LogP contribution in [-0.2, 0) is 0 Å². The second kappa shape index (κ2) is 7.51. The molecular formula is C21H24N2O2. The van der Waals surface area contributed by atoms with Crippen LogP contribution in [0.15, 0.2) is 48.5 Å². The van der Waals surface area contributed by atoms with Gasteiger partial charge in [0.2, 0.25) is 0 Å². The zero-order valence-corrected chi connectivity index (χ0v) is 14.8. The summed E-state index contributed by atoms with van der Waals surface area (Å²) in [5.41, 5.74) is 3.73. The van der Waals surface area contributed by atoms with Crippen LogP contribution in [0.4, 0.5) is 0 Å². The zero-order chi connectivity index (χ0) is 17.8. The van der Waals surface area contributed by atoms with Gasteiger partial charge in [0.05, 0.1) is 0 Å². The van der Waals surface area contributed by atoms with Crippen molar-refractivity contribution in [3.63, 3.8) is 0 Å². The molecule has 1 aliphatic heterocycles. The SMILES string of the molecule is Cc1ccc(C(=O)NC2CCN(C(=O)c3ccccc3)CC2)cc1C. The predicted molar refractivity (Wildman–Crippen MR) is 98.7 cm³/mol. The predicted octanol–water partition coefficient (Wildman–Crippen LogP) is 3.34. The summed E-state index contributed by atoms with van der Waals surface area (Å²) >= 11 is 0. The number of amides is 2. The minimum absolute atomic E-state index is 0.0315. The Morgan fingerprint density at radius 3 is 2.24 bits per heavy atom. The number of rotatable bonds is 3.